The summed E-state index contributed by atoms with van der Waals surface area (Å²) in [5.74, 6) is -1.11. The zero-order valence-corrected chi connectivity index (χ0v) is 8.79. The molecule has 1 amide bonds. The number of carboxylic acids is 1. The van der Waals surface area contributed by atoms with Crippen LogP contribution in [0.25, 0.3) is 0 Å². The molecule has 5 heteroatoms. The zero-order valence-electron chi connectivity index (χ0n) is 8.79. The Morgan fingerprint density at radius 3 is 2.13 bits per heavy atom. The topological polar surface area (TPSA) is 78.4 Å². The molecule has 0 spiro atoms. The van der Waals surface area contributed by atoms with Crippen LogP contribution in [0.5, 0.6) is 0 Å². The molecular formula is C10H18N2O3. The molecule has 2 heterocycles. The van der Waals surface area contributed by atoms with Crippen molar-refractivity contribution in [2.24, 2.45) is 0 Å². The number of carbonyl (C=O) groups excluding carboxylic acids is 1. The molecular weight excluding hydrogens is 196 g/mol. The molecule has 5 nitrogen and oxygen atoms in total. The molecule has 2 aliphatic heterocycles. The van der Waals surface area contributed by atoms with Crippen LogP contribution in [-0.2, 0) is 9.59 Å². The van der Waals surface area contributed by atoms with E-state index in [4.69, 9.17) is 5.11 Å². The summed E-state index contributed by atoms with van der Waals surface area (Å²) in [7, 11) is 0. The number of rotatable bonds is 1. The predicted octanol–water partition coefficient (Wildman–Crippen LogP) is 0.110. The van der Waals surface area contributed by atoms with Gasteiger partial charge in [0, 0.05) is 6.42 Å². The van der Waals surface area contributed by atoms with Crippen molar-refractivity contribution in [3.63, 3.8) is 0 Å². The minimum atomic E-state index is -0.944. The molecule has 0 aromatic heterocycles. The van der Waals surface area contributed by atoms with E-state index in [1.165, 1.54) is 32.4 Å². The van der Waals surface area contributed by atoms with E-state index in [-0.39, 0.29) is 5.91 Å². The largest absolute Gasteiger partial charge is 0.480 e. The lowest BCUT2D eigenvalue weighted by atomic mass is 10.2. The van der Waals surface area contributed by atoms with Gasteiger partial charge in [-0.15, -0.1) is 0 Å². The molecule has 1 atom stereocenters. The van der Waals surface area contributed by atoms with Gasteiger partial charge in [-0.25, -0.2) is 4.79 Å². The summed E-state index contributed by atoms with van der Waals surface area (Å²) in [4.78, 5) is 20.5. The van der Waals surface area contributed by atoms with Crippen molar-refractivity contribution in [3.8, 4) is 0 Å². The fourth-order valence-corrected chi connectivity index (χ4v) is 1.60. The molecule has 2 rings (SSSR count). The van der Waals surface area contributed by atoms with E-state index in [1.54, 1.807) is 0 Å². The van der Waals surface area contributed by atoms with Crippen molar-refractivity contribution in [1.82, 2.24) is 10.6 Å². The summed E-state index contributed by atoms with van der Waals surface area (Å²) in [6, 6.07) is -0.641. The molecule has 2 saturated heterocycles. The van der Waals surface area contributed by atoms with Crippen LogP contribution in [0.15, 0.2) is 0 Å². The van der Waals surface area contributed by atoms with Crippen molar-refractivity contribution in [1.29, 1.82) is 0 Å². The van der Waals surface area contributed by atoms with E-state index >= 15 is 0 Å². The number of amides is 1. The van der Waals surface area contributed by atoms with Crippen molar-refractivity contribution in [2.45, 2.75) is 38.1 Å². The summed E-state index contributed by atoms with van der Waals surface area (Å²) >= 11 is 0. The first-order chi connectivity index (χ1) is 7.20. The molecule has 0 aliphatic carbocycles. The molecule has 0 bridgehead atoms. The maximum absolute atomic E-state index is 10.4. The lowest BCUT2D eigenvalue weighted by Crippen LogP contribution is -2.32. The molecule has 0 saturated carbocycles. The maximum Gasteiger partial charge on any atom is 0.326 e. The number of hydrogen-bond donors (Lipinski definition) is 3. The van der Waals surface area contributed by atoms with Crippen LogP contribution in [0.2, 0.25) is 0 Å². The highest BCUT2D eigenvalue weighted by atomic mass is 16.4. The van der Waals surface area contributed by atoms with E-state index in [9.17, 15) is 9.59 Å². The van der Waals surface area contributed by atoms with Gasteiger partial charge < -0.3 is 15.7 Å². The number of carboxylic acid groups (broad SMARTS) is 1. The van der Waals surface area contributed by atoms with Crippen LogP contribution in [0.1, 0.15) is 32.1 Å². The Morgan fingerprint density at radius 1 is 1.27 bits per heavy atom. The predicted molar refractivity (Wildman–Crippen MR) is 55.5 cm³/mol. The first kappa shape index (κ1) is 12.0. The number of aliphatic carboxylic acids is 1. The van der Waals surface area contributed by atoms with Gasteiger partial charge in [-0.2, -0.15) is 0 Å². The second kappa shape index (κ2) is 6.40. The minimum absolute atomic E-state index is 0.164. The van der Waals surface area contributed by atoms with Crippen molar-refractivity contribution in [3.05, 3.63) is 0 Å². The van der Waals surface area contributed by atoms with Gasteiger partial charge in [-0.1, -0.05) is 6.42 Å². The van der Waals surface area contributed by atoms with E-state index in [1.807, 2.05) is 0 Å². The smallest absolute Gasteiger partial charge is 0.326 e. The monoisotopic (exact) mass is 214 g/mol. The molecule has 0 radical (unpaired) electrons. The van der Waals surface area contributed by atoms with Gasteiger partial charge >= 0.3 is 5.97 Å². The Bertz CT molecular complexity index is 215. The summed E-state index contributed by atoms with van der Waals surface area (Å²) in [5.41, 5.74) is 0. The Labute approximate surface area is 89.2 Å². The Morgan fingerprint density at radius 2 is 1.93 bits per heavy atom. The summed E-state index contributed by atoms with van der Waals surface area (Å²) in [6.07, 6.45) is 4.98. The molecule has 3 N–H and O–H groups in total. The van der Waals surface area contributed by atoms with Crippen LogP contribution in [0.3, 0.4) is 0 Å². The van der Waals surface area contributed by atoms with Crippen molar-refractivity contribution >= 4 is 11.9 Å². The first-order valence-electron chi connectivity index (χ1n) is 5.43. The number of hydrogen-bond acceptors (Lipinski definition) is 3. The Hall–Kier alpha value is -1.10. The SMILES string of the molecule is C1CCNCC1.O=C1CC[C@@H](C(=O)O)N1. The standard InChI is InChI=1S/C5H7NO3.C5H11N/c7-4-2-1-3(6-4)5(8)9;1-2-4-6-5-3-1/h3H,1-2H2,(H,6,7)(H,8,9);6H,1-5H2/t3-;/m0./s1. The summed E-state index contributed by atoms with van der Waals surface area (Å²) < 4.78 is 0. The third kappa shape index (κ3) is 4.78. The van der Waals surface area contributed by atoms with Gasteiger partial charge in [-0.3, -0.25) is 4.79 Å². The molecule has 0 aromatic rings. The second-order valence-electron chi connectivity index (χ2n) is 3.81. The molecule has 86 valence electrons. The van der Waals surface area contributed by atoms with Gasteiger partial charge in [-0.05, 0) is 32.4 Å². The lowest BCUT2D eigenvalue weighted by Gasteiger charge is -2.08. The number of carbonyl (C=O) groups is 2. The van der Waals surface area contributed by atoms with Crippen LogP contribution < -0.4 is 10.6 Å². The quantitative estimate of drug-likeness (QED) is 0.579. The third-order valence-corrected chi connectivity index (χ3v) is 2.50. The van der Waals surface area contributed by atoms with Gasteiger partial charge in [0.15, 0.2) is 0 Å². The minimum Gasteiger partial charge on any atom is -0.480 e. The maximum atomic E-state index is 10.4. The van der Waals surface area contributed by atoms with Gasteiger partial charge in [0.05, 0.1) is 0 Å². The molecule has 0 aromatic carbocycles. The van der Waals surface area contributed by atoms with E-state index < -0.39 is 12.0 Å². The van der Waals surface area contributed by atoms with Crippen LogP contribution in [-0.4, -0.2) is 36.1 Å². The second-order valence-corrected chi connectivity index (χ2v) is 3.81. The summed E-state index contributed by atoms with van der Waals surface area (Å²) in [6.45, 7) is 2.50. The fourth-order valence-electron chi connectivity index (χ4n) is 1.60. The Kier molecular flexibility index (Phi) is 5.10. The fraction of sp³-hybridized carbons (Fsp3) is 0.800. The molecule has 2 aliphatic rings. The molecule has 15 heavy (non-hydrogen) atoms. The average molecular weight is 214 g/mol. The molecule has 2 fully saturated rings. The van der Waals surface area contributed by atoms with Crippen molar-refractivity contribution < 1.29 is 14.7 Å². The van der Waals surface area contributed by atoms with Crippen LogP contribution in [0, 0.1) is 0 Å². The normalized spacial score (nSPS) is 25.1. The van der Waals surface area contributed by atoms with Crippen LogP contribution in [0.4, 0.5) is 0 Å². The van der Waals surface area contributed by atoms with Gasteiger partial charge in [0.25, 0.3) is 0 Å². The van der Waals surface area contributed by atoms with Crippen molar-refractivity contribution in [2.75, 3.05) is 13.1 Å². The zero-order chi connectivity index (χ0) is 11.1. The average Bonchev–Trinajstić information content (AvgIpc) is 2.69. The highest BCUT2D eigenvalue weighted by Crippen LogP contribution is 2.05. The van der Waals surface area contributed by atoms with E-state index in [0.717, 1.165) is 0 Å². The lowest BCUT2D eigenvalue weighted by molar-refractivity contribution is -0.140. The van der Waals surface area contributed by atoms with E-state index in [2.05, 4.69) is 10.6 Å². The number of nitrogens with one attached hydrogen (secondary N) is 2. The summed E-state index contributed by atoms with van der Waals surface area (Å²) in [5, 5.41) is 13.9. The highest BCUT2D eigenvalue weighted by Gasteiger charge is 2.26. The highest BCUT2D eigenvalue weighted by molar-refractivity contribution is 5.87. The Balaban J connectivity index is 0.000000162. The van der Waals surface area contributed by atoms with Gasteiger partial charge in [0.1, 0.15) is 6.04 Å². The number of piperidine rings is 1. The van der Waals surface area contributed by atoms with E-state index in [0.29, 0.717) is 12.8 Å². The third-order valence-electron chi connectivity index (χ3n) is 2.50. The first-order valence-corrected chi connectivity index (χ1v) is 5.43. The van der Waals surface area contributed by atoms with Crippen LogP contribution >= 0.6 is 0 Å². The van der Waals surface area contributed by atoms with Gasteiger partial charge in [0.2, 0.25) is 5.91 Å². The molecule has 0 unspecified atom stereocenters.